The Labute approximate surface area is 187 Å². The van der Waals surface area contributed by atoms with Gasteiger partial charge in [-0.15, -0.1) is 0 Å². The van der Waals surface area contributed by atoms with Crippen LogP contribution in [-0.4, -0.2) is 35.8 Å². The van der Waals surface area contributed by atoms with Gasteiger partial charge in [-0.05, 0) is 57.0 Å². The molecule has 0 bridgehead atoms. The predicted octanol–water partition coefficient (Wildman–Crippen LogP) is 3.76. The van der Waals surface area contributed by atoms with Crippen LogP contribution >= 0.6 is 0 Å². The number of ether oxygens (including phenoxy) is 3. The molecular weight excluding hydrogens is 410 g/mol. The third-order valence-corrected chi connectivity index (χ3v) is 5.16. The average Bonchev–Trinajstić information content (AvgIpc) is 3.04. The molecule has 0 fully saturated rings. The van der Waals surface area contributed by atoms with E-state index in [0.29, 0.717) is 30.4 Å². The molecule has 1 aromatic carbocycles. The number of hydrogen-bond acceptors (Lipinski definition) is 6. The first-order valence-corrected chi connectivity index (χ1v) is 10.5. The molecule has 0 radical (unpaired) electrons. The summed E-state index contributed by atoms with van der Waals surface area (Å²) in [7, 11) is 0. The number of carbonyl (C=O) groups is 2. The molecule has 1 atom stereocenters. The lowest BCUT2D eigenvalue weighted by Crippen LogP contribution is -2.30. The lowest BCUT2D eigenvalue weighted by atomic mass is 10.1. The van der Waals surface area contributed by atoms with Crippen LogP contribution in [0.4, 0.5) is 5.69 Å². The van der Waals surface area contributed by atoms with Crippen LogP contribution in [0.3, 0.4) is 0 Å². The lowest BCUT2D eigenvalue weighted by molar-refractivity contribution is -0.148. The van der Waals surface area contributed by atoms with Crippen LogP contribution in [-0.2, 0) is 20.9 Å². The molecule has 3 rings (SSSR count). The Kier molecular flexibility index (Phi) is 7.21. The number of benzene rings is 1. The summed E-state index contributed by atoms with van der Waals surface area (Å²) in [4.78, 5) is 25.0. The fourth-order valence-corrected chi connectivity index (χ4v) is 3.48. The Hall–Kier alpha value is -3.73. The van der Waals surface area contributed by atoms with Crippen LogP contribution in [0.5, 0.6) is 11.5 Å². The standard InChI is InChI=1S/C24H27N3O5/c1-5-8-27-15(2)11-18(16(27)3)12-19(14-25)24(29)32-17(4)23(28)26-20-6-7-21-22(13-20)31-10-9-30-21/h6-7,11-13,17H,5,8-10H2,1-4H3,(H,26,28)/b19-12+. The van der Waals surface area contributed by atoms with Crippen LogP contribution in [0.1, 0.15) is 37.2 Å². The minimum atomic E-state index is -1.10. The van der Waals surface area contributed by atoms with E-state index >= 15 is 0 Å². The monoisotopic (exact) mass is 437 g/mol. The number of carbonyl (C=O) groups excluding carboxylic acids is 2. The van der Waals surface area contributed by atoms with Crippen molar-refractivity contribution in [1.29, 1.82) is 5.26 Å². The molecule has 0 spiro atoms. The highest BCUT2D eigenvalue weighted by Crippen LogP contribution is 2.32. The zero-order valence-corrected chi connectivity index (χ0v) is 18.7. The van der Waals surface area contributed by atoms with E-state index in [0.717, 1.165) is 29.9 Å². The van der Waals surface area contributed by atoms with Gasteiger partial charge in [0, 0.05) is 29.7 Å². The van der Waals surface area contributed by atoms with Gasteiger partial charge in [0.05, 0.1) is 0 Å². The van der Waals surface area contributed by atoms with Gasteiger partial charge in [0.15, 0.2) is 17.6 Å². The van der Waals surface area contributed by atoms with Gasteiger partial charge >= 0.3 is 5.97 Å². The maximum atomic E-state index is 12.5. The largest absolute Gasteiger partial charge is 0.486 e. The van der Waals surface area contributed by atoms with Crippen molar-refractivity contribution in [1.82, 2.24) is 4.57 Å². The first-order chi connectivity index (χ1) is 15.3. The maximum absolute atomic E-state index is 12.5. The number of nitrogens with one attached hydrogen (secondary N) is 1. The normalized spacial score (nSPS) is 13.8. The smallest absolute Gasteiger partial charge is 0.349 e. The van der Waals surface area contributed by atoms with Crippen molar-refractivity contribution in [3.8, 4) is 17.6 Å². The summed E-state index contributed by atoms with van der Waals surface area (Å²) in [5.41, 5.74) is 3.11. The maximum Gasteiger partial charge on any atom is 0.349 e. The molecule has 1 N–H and O–H groups in total. The van der Waals surface area contributed by atoms with Gasteiger partial charge in [0.2, 0.25) is 0 Å². The molecule has 8 nitrogen and oxygen atoms in total. The fraction of sp³-hybridized carbons (Fsp3) is 0.375. The predicted molar refractivity (Wildman–Crippen MR) is 119 cm³/mol. The number of hydrogen-bond donors (Lipinski definition) is 1. The molecule has 8 heteroatoms. The van der Waals surface area contributed by atoms with Gasteiger partial charge in [0.1, 0.15) is 24.9 Å². The molecule has 168 valence electrons. The van der Waals surface area contributed by atoms with Crippen molar-refractivity contribution in [3.05, 3.63) is 46.8 Å². The zero-order chi connectivity index (χ0) is 23.3. The topological polar surface area (TPSA) is 103 Å². The molecular formula is C24H27N3O5. The van der Waals surface area contributed by atoms with Gasteiger partial charge in [0.25, 0.3) is 5.91 Å². The second-order valence-corrected chi connectivity index (χ2v) is 7.54. The molecule has 0 aliphatic carbocycles. The Morgan fingerprint density at radius 1 is 1.25 bits per heavy atom. The second kappa shape index (κ2) is 10.1. The molecule has 1 aromatic heterocycles. The van der Waals surface area contributed by atoms with Gasteiger partial charge in [-0.25, -0.2) is 4.79 Å². The molecule has 0 saturated carbocycles. The summed E-state index contributed by atoms with van der Waals surface area (Å²) in [6.07, 6.45) is 1.38. The minimum absolute atomic E-state index is 0.166. The summed E-state index contributed by atoms with van der Waals surface area (Å²) >= 11 is 0. The van der Waals surface area contributed by atoms with E-state index in [2.05, 4.69) is 16.8 Å². The van der Waals surface area contributed by atoms with Crippen molar-refractivity contribution in [2.75, 3.05) is 18.5 Å². The summed E-state index contributed by atoms with van der Waals surface area (Å²) in [6, 6.07) is 8.83. The average molecular weight is 437 g/mol. The molecule has 32 heavy (non-hydrogen) atoms. The van der Waals surface area contributed by atoms with Crippen molar-refractivity contribution in [2.24, 2.45) is 0 Å². The van der Waals surface area contributed by atoms with Gasteiger partial charge in [-0.2, -0.15) is 5.26 Å². The molecule has 1 amide bonds. The van der Waals surface area contributed by atoms with Crippen LogP contribution in [0.2, 0.25) is 0 Å². The third-order valence-electron chi connectivity index (χ3n) is 5.16. The summed E-state index contributed by atoms with van der Waals surface area (Å²) < 4.78 is 18.3. The Morgan fingerprint density at radius 2 is 1.97 bits per heavy atom. The number of amides is 1. The van der Waals surface area contributed by atoms with Crippen molar-refractivity contribution >= 4 is 23.6 Å². The number of aromatic nitrogens is 1. The van der Waals surface area contributed by atoms with Crippen molar-refractivity contribution in [2.45, 2.75) is 46.8 Å². The first kappa shape index (κ1) is 22.9. The number of esters is 1. The van der Waals surface area contributed by atoms with Gasteiger partial charge in [-0.3, -0.25) is 4.79 Å². The highest BCUT2D eigenvalue weighted by atomic mass is 16.6. The summed E-state index contributed by atoms with van der Waals surface area (Å²) in [5, 5.41) is 12.2. The fourth-order valence-electron chi connectivity index (χ4n) is 3.48. The first-order valence-electron chi connectivity index (χ1n) is 10.5. The number of nitriles is 1. The van der Waals surface area contributed by atoms with Crippen LogP contribution < -0.4 is 14.8 Å². The Balaban J connectivity index is 1.67. The van der Waals surface area contributed by atoms with E-state index in [-0.39, 0.29) is 5.57 Å². The number of anilines is 1. The number of rotatable bonds is 7. The SMILES string of the molecule is CCCn1c(C)cc(/C=C(\C#N)C(=O)OC(C)C(=O)Nc2ccc3c(c2)OCCO3)c1C. The second-order valence-electron chi connectivity index (χ2n) is 7.54. The van der Waals surface area contributed by atoms with Crippen molar-refractivity contribution < 1.29 is 23.8 Å². The quantitative estimate of drug-likeness (QED) is 0.402. The van der Waals surface area contributed by atoms with Crippen LogP contribution in [0.15, 0.2) is 29.8 Å². The van der Waals surface area contributed by atoms with E-state index in [1.807, 2.05) is 26.0 Å². The molecule has 1 aliphatic rings. The number of nitrogens with zero attached hydrogens (tertiary/aromatic N) is 2. The Bertz CT molecular complexity index is 1090. The molecule has 2 aromatic rings. The minimum Gasteiger partial charge on any atom is -0.486 e. The number of aryl methyl sites for hydroxylation is 1. The highest BCUT2D eigenvalue weighted by Gasteiger charge is 2.22. The van der Waals surface area contributed by atoms with Crippen LogP contribution in [0.25, 0.3) is 6.08 Å². The van der Waals surface area contributed by atoms with E-state index in [4.69, 9.17) is 14.2 Å². The van der Waals surface area contributed by atoms with Crippen molar-refractivity contribution in [3.63, 3.8) is 0 Å². The highest BCUT2D eigenvalue weighted by molar-refractivity contribution is 6.01. The van der Waals surface area contributed by atoms with Crippen LogP contribution in [0, 0.1) is 25.2 Å². The molecule has 1 unspecified atom stereocenters. The third kappa shape index (κ3) is 5.11. The Morgan fingerprint density at radius 3 is 2.66 bits per heavy atom. The van der Waals surface area contributed by atoms with E-state index < -0.39 is 18.0 Å². The summed E-state index contributed by atoms with van der Waals surface area (Å²) in [6.45, 7) is 9.23. The van der Waals surface area contributed by atoms with E-state index in [1.165, 1.54) is 13.0 Å². The molecule has 0 saturated heterocycles. The van der Waals surface area contributed by atoms with Gasteiger partial charge in [-0.1, -0.05) is 6.92 Å². The van der Waals surface area contributed by atoms with E-state index in [9.17, 15) is 14.9 Å². The molecule has 1 aliphatic heterocycles. The zero-order valence-electron chi connectivity index (χ0n) is 18.7. The number of fused-ring (bicyclic) bond motifs is 1. The van der Waals surface area contributed by atoms with E-state index in [1.54, 1.807) is 18.2 Å². The summed E-state index contributed by atoms with van der Waals surface area (Å²) in [5.74, 6) is -0.226. The lowest BCUT2D eigenvalue weighted by Gasteiger charge is -2.19. The van der Waals surface area contributed by atoms with Gasteiger partial charge < -0.3 is 24.1 Å². The molecule has 2 heterocycles.